The first-order valence-corrected chi connectivity index (χ1v) is 31.4. The van der Waals surface area contributed by atoms with E-state index in [-0.39, 0.29) is 6.42 Å². The molecule has 30 atom stereocenters. The Morgan fingerprint density at radius 3 is 0.911 bits per heavy atom. The first-order valence-electron chi connectivity index (χ1n) is 31.4. The smallest absolute Gasteiger partial charge is 0.308 e. The molecule has 6 aliphatic rings. The fraction of sp³-hybridized carbons (Fsp3) is 0.914. The summed E-state index contributed by atoms with van der Waals surface area (Å²) in [7, 11) is 0. The van der Waals surface area contributed by atoms with Crippen molar-refractivity contribution >= 4 is 5.97 Å². The van der Waals surface area contributed by atoms with Crippen LogP contribution in [-0.2, 0) is 61.6 Å². The molecule has 0 aromatic rings. The maximum absolute atomic E-state index is 13.4. The van der Waals surface area contributed by atoms with Gasteiger partial charge in [0.15, 0.2) is 37.6 Å². The number of allylic oxidation sites excluding steroid dienone is 4. The first kappa shape index (κ1) is 76.8. The number of aliphatic hydroxyl groups excluding tert-OH is 19. The Bertz CT molecular complexity index is 2070. The Balaban J connectivity index is 1.16. The van der Waals surface area contributed by atoms with E-state index >= 15 is 0 Å². The van der Waals surface area contributed by atoms with Gasteiger partial charge in [0.05, 0.1) is 39.6 Å². The number of hydrogen-bond acceptors (Lipinski definition) is 32. The van der Waals surface area contributed by atoms with Crippen molar-refractivity contribution in [2.24, 2.45) is 0 Å². The van der Waals surface area contributed by atoms with E-state index < -0.39 is 230 Å². The third kappa shape index (κ3) is 20.2. The maximum Gasteiger partial charge on any atom is 0.308 e. The van der Waals surface area contributed by atoms with Gasteiger partial charge in [-0.25, -0.2) is 0 Å². The molecule has 0 saturated carbocycles. The molecular formula is C58H100O32. The average Bonchev–Trinajstić information content (AvgIpc) is 0.900. The summed E-state index contributed by atoms with van der Waals surface area (Å²) in [6.07, 6.45) is -36.8. The van der Waals surface area contributed by atoms with E-state index in [0.29, 0.717) is 12.8 Å². The molecule has 0 aromatic heterocycles. The van der Waals surface area contributed by atoms with Crippen molar-refractivity contribution in [3.8, 4) is 0 Å². The van der Waals surface area contributed by atoms with Gasteiger partial charge in [0.25, 0.3) is 0 Å². The van der Waals surface area contributed by atoms with Crippen LogP contribution in [0.2, 0.25) is 0 Å². The van der Waals surface area contributed by atoms with Crippen LogP contribution in [0.15, 0.2) is 24.3 Å². The molecular weight excluding hydrogens is 1210 g/mol. The standard InChI is InChI=1S/C58H100O32/c1-2-3-4-5-6-7-8-9-10-11-12-13-14-15-16-17-18-19-20-21-34(65)85-54-48(42(73)36(67)29(23-60)80-54)87-56-50(44(75)38(69)31(25-62)82-56)89-58-52(46(77)40(71)33(27-64)84-58)90-57-51(45(76)39(70)32(26-63)83-57)88-55-49(43(74)37(68)30(24-61)81-55)86-53-47(78)41(72)35(66)28(22-59)79-53/h10-11,13-14,28-33,35-64,66-78H,2-9,12,15-27H2,1H3/t28-,29-,30-,31-,32-,33-,35-,36-,37-,38-,39-,40-,41+,42+,43+,44+,45+,46+,47-,48-,49-,50-,51-,52-,53-,54-,55-,56-,57-,58-/m1/s1. The highest BCUT2D eigenvalue weighted by Crippen LogP contribution is 2.38. The first-order chi connectivity index (χ1) is 43.2. The molecule has 0 radical (unpaired) electrons. The van der Waals surface area contributed by atoms with Crippen LogP contribution in [0.4, 0.5) is 0 Å². The number of unbranched alkanes of at least 4 members (excludes halogenated alkanes) is 12. The van der Waals surface area contributed by atoms with Crippen molar-refractivity contribution in [2.75, 3.05) is 39.6 Å². The maximum atomic E-state index is 13.4. The molecule has 32 nitrogen and oxygen atoms in total. The third-order valence-electron chi connectivity index (χ3n) is 17.0. The minimum Gasteiger partial charge on any atom is -0.433 e. The Morgan fingerprint density at radius 1 is 0.311 bits per heavy atom. The summed E-state index contributed by atoms with van der Waals surface area (Å²) in [4.78, 5) is 13.4. The quantitative estimate of drug-likeness (QED) is 0.0159. The van der Waals surface area contributed by atoms with Crippen LogP contribution in [0, 0.1) is 0 Å². The SMILES string of the molecule is CCCCCCCCCC=CCC=CCCCCCCCC(=O)O[C@H]1O[C@H](CO)[C@@H](O)[C@H](O)[C@H]1O[C@H]1O[C@H](CO)[C@@H](O)[C@H](O)[C@H]1O[C@H]1O[C@H](CO)[C@@H](O)[C@H](O)[C@H]1O[C@H]1O[C@H](CO)[C@@H](O)[C@H](O)[C@H]1O[C@H]1O[C@H](CO)[C@@H](O)[C@H](O)[C@H]1O[C@H]1O[C@H](CO)[C@@H](O)[C@H](O)[C@H]1O. The number of hydrogen-bond donors (Lipinski definition) is 19. The zero-order chi connectivity index (χ0) is 65.8. The Morgan fingerprint density at radius 2 is 0.578 bits per heavy atom. The van der Waals surface area contributed by atoms with E-state index in [0.717, 1.165) is 38.5 Å². The molecule has 6 saturated heterocycles. The lowest BCUT2D eigenvalue weighted by Gasteiger charge is -2.50. The van der Waals surface area contributed by atoms with E-state index in [1.54, 1.807) is 0 Å². The number of rotatable bonds is 35. The highest BCUT2D eigenvalue weighted by atomic mass is 16.8. The number of ether oxygens (including phenoxy) is 12. The topological polar surface area (TPSA) is 512 Å². The summed E-state index contributed by atoms with van der Waals surface area (Å²) in [5.74, 6) is -0.849. The summed E-state index contributed by atoms with van der Waals surface area (Å²) >= 11 is 0. The fourth-order valence-corrected chi connectivity index (χ4v) is 11.5. The van der Waals surface area contributed by atoms with Gasteiger partial charge < -0.3 is 154 Å². The summed E-state index contributed by atoms with van der Waals surface area (Å²) in [6, 6.07) is 0. The molecule has 6 rings (SSSR count). The molecule has 0 aromatic carbocycles. The van der Waals surface area contributed by atoms with E-state index in [4.69, 9.17) is 56.8 Å². The second-order valence-electron chi connectivity index (χ2n) is 23.6. The van der Waals surface area contributed by atoms with E-state index in [2.05, 4.69) is 31.2 Å². The monoisotopic (exact) mass is 1310 g/mol. The van der Waals surface area contributed by atoms with Crippen molar-refractivity contribution in [2.45, 2.75) is 294 Å². The van der Waals surface area contributed by atoms with Crippen LogP contribution in [-0.4, -0.2) is 327 Å². The molecule has 0 amide bonds. The zero-order valence-electron chi connectivity index (χ0n) is 50.5. The molecule has 0 spiro atoms. The molecule has 0 bridgehead atoms. The predicted molar refractivity (Wildman–Crippen MR) is 301 cm³/mol. The number of carbonyl (C=O) groups is 1. The highest BCUT2D eigenvalue weighted by molar-refractivity contribution is 5.69. The van der Waals surface area contributed by atoms with Crippen molar-refractivity contribution in [3.63, 3.8) is 0 Å². The lowest BCUT2D eigenvalue weighted by Crippen LogP contribution is -2.69. The Hall–Kier alpha value is -2.25. The number of esters is 1. The second kappa shape index (κ2) is 38.5. The minimum atomic E-state index is -2.28. The molecule has 6 aliphatic heterocycles. The third-order valence-corrected chi connectivity index (χ3v) is 17.0. The minimum absolute atomic E-state index is 0.145. The molecule has 0 unspecified atom stereocenters. The predicted octanol–water partition coefficient (Wildman–Crippen LogP) is -6.18. The van der Waals surface area contributed by atoms with Crippen LogP contribution < -0.4 is 0 Å². The Kier molecular flexibility index (Phi) is 32.8. The number of aliphatic hydroxyl groups is 19. The van der Waals surface area contributed by atoms with Gasteiger partial charge in [-0.3, -0.25) is 4.79 Å². The van der Waals surface area contributed by atoms with Crippen molar-refractivity contribution in [3.05, 3.63) is 24.3 Å². The van der Waals surface area contributed by atoms with Crippen LogP contribution in [0.25, 0.3) is 0 Å². The Labute approximate surface area is 521 Å². The molecule has 0 aliphatic carbocycles. The van der Waals surface area contributed by atoms with E-state index in [9.17, 15) is 102 Å². The normalized spacial score (nSPS) is 42.9. The van der Waals surface area contributed by atoms with Crippen LogP contribution in [0.5, 0.6) is 0 Å². The average molecular weight is 1310 g/mol. The molecule has 90 heavy (non-hydrogen) atoms. The van der Waals surface area contributed by atoms with Crippen LogP contribution >= 0.6 is 0 Å². The van der Waals surface area contributed by atoms with Gasteiger partial charge in [0.1, 0.15) is 140 Å². The van der Waals surface area contributed by atoms with E-state index in [1.807, 2.05) is 0 Å². The fourth-order valence-electron chi connectivity index (χ4n) is 11.5. The lowest BCUT2D eigenvalue weighted by atomic mass is 9.95. The lowest BCUT2D eigenvalue weighted by molar-refractivity contribution is -0.417. The molecule has 19 N–H and O–H groups in total. The second-order valence-corrected chi connectivity index (χ2v) is 23.6. The van der Waals surface area contributed by atoms with Gasteiger partial charge in [-0.15, -0.1) is 0 Å². The summed E-state index contributed by atoms with van der Waals surface area (Å²) in [5.41, 5.74) is 0. The van der Waals surface area contributed by atoms with Gasteiger partial charge in [-0.05, 0) is 38.5 Å². The molecule has 6 heterocycles. The van der Waals surface area contributed by atoms with E-state index in [1.165, 1.54) is 44.9 Å². The molecule has 32 heteroatoms. The van der Waals surface area contributed by atoms with Crippen LogP contribution in [0.3, 0.4) is 0 Å². The number of carbonyl (C=O) groups excluding carboxylic acids is 1. The van der Waals surface area contributed by atoms with Gasteiger partial charge in [0.2, 0.25) is 6.29 Å². The van der Waals surface area contributed by atoms with Gasteiger partial charge >= 0.3 is 5.97 Å². The van der Waals surface area contributed by atoms with Crippen molar-refractivity contribution in [1.29, 1.82) is 0 Å². The van der Waals surface area contributed by atoms with Crippen molar-refractivity contribution in [1.82, 2.24) is 0 Å². The molecule has 524 valence electrons. The van der Waals surface area contributed by atoms with Crippen molar-refractivity contribution < 1.29 is 159 Å². The summed E-state index contributed by atoms with van der Waals surface area (Å²) < 4.78 is 69.9. The summed E-state index contributed by atoms with van der Waals surface area (Å²) in [5, 5.41) is 206. The van der Waals surface area contributed by atoms with Crippen LogP contribution in [0.1, 0.15) is 110 Å². The summed E-state index contributed by atoms with van der Waals surface area (Å²) in [6.45, 7) is -3.75. The molecule has 6 fully saturated rings. The van der Waals surface area contributed by atoms with Gasteiger partial charge in [0, 0.05) is 6.42 Å². The zero-order valence-corrected chi connectivity index (χ0v) is 50.5. The largest absolute Gasteiger partial charge is 0.433 e. The van der Waals surface area contributed by atoms with Gasteiger partial charge in [-0.1, -0.05) is 89.0 Å². The van der Waals surface area contributed by atoms with Gasteiger partial charge in [-0.2, -0.15) is 0 Å². The highest BCUT2D eigenvalue weighted by Gasteiger charge is 2.59.